The van der Waals surface area contributed by atoms with E-state index in [0.717, 1.165) is 18.5 Å². The van der Waals surface area contributed by atoms with Gasteiger partial charge in [0, 0.05) is 12.2 Å². The Morgan fingerprint density at radius 3 is 2.88 bits per heavy atom. The van der Waals surface area contributed by atoms with Crippen LogP contribution in [0.2, 0.25) is 0 Å². The molecule has 2 amide bonds. The predicted molar refractivity (Wildman–Crippen MR) is 96.1 cm³/mol. The molecule has 0 spiro atoms. The van der Waals surface area contributed by atoms with Crippen LogP contribution in [0.4, 0.5) is 11.4 Å². The molecule has 128 valence electrons. The van der Waals surface area contributed by atoms with Gasteiger partial charge in [-0.2, -0.15) is 0 Å². The maximum absolute atomic E-state index is 13.0. The molecule has 0 unspecified atom stereocenters. The van der Waals surface area contributed by atoms with Gasteiger partial charge in [0.1, 0.15) is 12.3 Å². The van der Waals surface area contributed by atoms with Crippen molar-refractivity contribution in [1.82, 2.24) is 0 Å². The number of rotatable bonds is 2. The van der Waals surface area contributed by atoms with E-state index in [-0.39, 0.29) is 25.0 Å². The van der Waals surface area contributed by atoms with Crippen LogP contribution in [0.3, 0.4) is 0 Å². The lowest BCUT2D eigenvalue weighted by Crippen LogP contribution is -2.47. The first-order valence-electron chi connectivity index (χ1n) is 8.55. The van der Waals surface area contributed by atoms with Crippen LogP contribution in [0, 0.1) is 6.92 Å². The number of para-hydroxylation sites is 2. The Labute approximate surface area is 146 Å². The van der Waals surface area contributed by atoms with Crippen LogP contribution in [0.1, 0.15) is 17.5 Å². The van der Waals surface area contributed by atoms with Crippen molar-refractivity contribution in [3.05, 3.63) is 53.6 Å². The number of fused-ring (bicyclic) bond motifs is 2. The number of carbonyl (C=O) groups is 2. The first-order valence-corrected chi connectivity index (χ1v) is 8.55. The summed E-state index contributed by atoms with van der Waals surface area (Å²) in [7, 11) is 0. The van der Waals surface area contributed by atoms with E-state index in [9.17, 15) is 9.59 Å². The zero-order chi connectivity index (χ0) is 17.4. The smallest absolute Gasteiger partial charge is 0.265 e. The number of anilines is 2. The predicted octanol–water partition coefficient (Wildman–Crippen LogP) is 2.70. The number of aryl methyl sites for hydroxylation is 2. The summed E-state index contributed by atoms with van der Waals surface area (Å²) < 4.78 is 5.45. The molecule has 2 aliphatic rings. The summed E-state index contributed by atoms with van der Waals surface area (Å²) in [4.78, 5) is 28.6. The average Bonchev–Trinajstić information content (AvgIpc) is 2.63. The molecule has 0 aromatic heterocycles. The van der Waals surface area contributed by atoms with Crippen molar-refractivity contribution in [1.29, 1.82) is 0 Å². The van der Waals surface area contributed by atoms with Crippen LogP contribution >= 0.6 is 0 Å². The Kier molecular flexibility index (Phi) is 3.92. The second-order valence-corrected chi connectivity index (χ2v) is 6.52. The van der Waals surface area contributed by atoms with Crippen LogP contribution in [0.25, 0.3) is 0 Å². The second kappa shape index (κ2) is 6.24. The van der Waals surface area contributed by atoms with Gasteiger partial charge in [-0.25, -0.2) is 0 Å². The zero-order valence-electron chi connectivity index (χ0n) is 14.2. The van der Waals surface area contributed by atoms with Gasteiger partial charge in [-0.05, 0) is 43.5 Å². The lowest BCUT2D eigenvalue weighted by molar-refractivity contribution is -0.124. The van der Waals surface area contributed by atoms with E-state index < -0.39 is 0 Å². The highest BCUT2D eigenvalue weighted by Gasteiger charge is 2.30. The third-order valence-electron chi connectivity index (χ3n) is 4.76. The summed E-state index contributed by atoms with van der Waals surface area (Å²) >= 11 is 0. The Hall–Kier alpha value is -2.82. The molecule has 2 heterocycles. The standard InChI is InChI=1S/C20H20N2O3/c1-14-8-9-16-15(11-14)5-4-10-21(16)19(23)12-22-17-6-2-3-7-18(17)25-13-20(22)24/h2-3,6-9,11H,4-5,10,12-13H2,1H3. The molecule has 2 aromatic carbocycles. The summed E-state index contributed by atoms with van der Waals surface area (Å²) in [5, 5.41) is 0. The van der Waals surface area contributed by atoms with Crippen LogP contribution in [0.5, 0.6) is 5.75 Å². The molecule has 0 fully saturated rings. The van der Waals surface area contributed by atoms with Crippen LogP contribution < -0.4 is 14.5 Å². The molecule has 5 nitrogen and oxygen atoms in total. The lowest BCUT2D eigenvalue weighted by Gasteiger charge is -2.33. The van der Waals surface area contributed by atoms with Gasteiger partial charge in [0.25, 0.3) is 5.91 Å². The highest BCUT2D eigenvalue weighted by Crippen LogP contribution is 2.32. The molecule has 2 aliphatic heterocycles. The van der Waals surface area contributed by atoms with Gasteiger partial charge in [-0.1, -0.05) is 29.8 Å². The van der Waals surface area contributed by atoms with Gasteiger partial charge in [0.15, 0.2) is 6.61 Å². The van der Waals surface area contributed by atoms with E-state index in [0.29, 0.717) is 18.0 Å². The highest BCUT2D eigenvalue weighted by atomic mass is 16.5. The van der Waals surface area contributed by atoms with Crippen LogP contribution in [-0.4, -0.2) is 31.5 Å². The second-order valence-electron chi connectivity index (χ2n) is 6.52. The van der Waals surface area contributed by atoms with Gasteiger partial charge >= 0.3 is 0 Å². The SMILES string of the molecule is Cc1ccc2c(c1)CCCN2C(=O)CN1C(=O)COc2ccccc21. The third kappa shape index (κ3) is 2.86. The van der Waals surface area contributed by atoms with Crippen molar-refractivity contribution in [3.8, 4) is 5.75 Å². The molecule has 4 rings (SSSR count). The normalized spacial score (nSPS) is 16.1. The maximum Gasteiger partial charge on any atom is 0.265 e. The Morgan fingerprint density at radius 1 is 1.16 bits per heavy atom. The van der Waals surface area contributed by atoms with E-state index in [1.807, 2.05) is 41.3 Å². The summed E-state index contributed by atoms with van der Waals surface area (Å²) in [6, 6.07) is 13.5. The number of amides is 2. The summed E-state index contributed by atoms with van der Waals surface area (Å²) in [5.41, 5.74) is 4.03. The Morgan fingerprint density at radius 2 is 2.00 bits per heavy atom. The van der Waals surface area contributed by atoms with Gasteiger partial charge in [-0.15, -0.1) is 0 Å². The number of ether oxygens (including phenoxy) is 1. The minimum Gasteiger partial charge on any atom is -0.482 e. The van der Waals surface area contributed by atoms with Crippen molar-refractivity contribution in [2.24, 2.45) is 0 Å². The van der Waals surface area contributed by atoms with Crippen molar-refractivity contribution < 1.29 is 14.3 Å². The molecular weight excluding hydrogens is 316 g/mol. The molecule has 0 aliphatic carbocycles. The Balaban J connectivity index is 1.60. The van der Waals surface area contributed by atoms with E-state index in [4.69, 9.17) is 4.74 Å². The minimum atomic E-state index is -0.187. The van der Waals surface area contributed by atoms with E-state index in [2.05, 4.69) is 13.0 Å². The highest BCUT2D eigenvalue weighted by molar-refractivity contribution is 6.06. The monoisotopic (exact) mass is 336 g/mol. The molecule has 2 aromatic rings. The summed E-state index contributed by atoms with van der Waals surface area (Å²) in [5.74, 6) is 0.396. The molecular formula is C20H20N2O3. The van der Waals surface area contributed by atoms with E-state index in [1.54, 1.807) is 0 Å². The summed E-state index contributed by atoms with van der Waals surface area (Å²) in [6.45, 7) is 2.76. The first kappa shape index (κ1) is 15.7. The van der Waals surface area contributed by atoms with Crippen molar-refractivity contribution >= 4 is 23.2 Å². The summed E-state index contributed by atoms with van der Waals surface area (Å²) in [6.07, 6.45) is 1.93. The number of hydrogen-bond donors (Lipinski definition) is 0. The van der Waals surface area contributed by atoms with Crippen LogP contribution in [-0.2, 0) is 16.0 Å². The molecule has 5 heteroatoms. The molecule has 0 bridgehead atoms. The fourth-order valence-corrected chi connectivity index (χ4v) is 3.53. The molecule has 0 atom stereocenters. The van der Waals surface area contributed by atoms with Crippen molar-refractivity contribution in [3.63, 3.8) is 0 Å². The van der Waals surface area contributed by atoms with E-state index in [1.165, 1.54) is 16.0 Å². The molecule has 0 N–H and O–H groups in total. The number of benzene rings is 2. The fraction of sp³-hybridized carbons (Fsp3) is 0.300. The topological polar surface area (TPSA) is 49.9 Å². The van der Waals surface area contributed by atoms with Gasteiger partial charge in [0.2, 0.25) is 5.91 Å². The maximum atomic E-state index is 13.0. The minimum absolute atomic E-state index is 0.0277. The largest absolute Gasteiger partial charge is 0.482 e. The quantitative estimate of drug-likeness (QED) is 0.847. The van der Waals surface area contributed by atoms with Crippen LogP contribution in [0.15, 0.2) is 42.5 Å². The lowest BCUT2D eigenvalue weighted by atomic mass is 9.99. The third-order valence-corrected chi connectivity index (χ3v) is 4.76. The van der Waals surface area contributed by atoms with Crippen molar-refractivity contribution in [2.45, 2.75) is 19.8 Å². The zero-order valence-corrected chi connectivity index (χ0v) is 14.2. The molecule has 0 radical (unpaired) electrons. The number of carbonyl (C=O) groups excluding carboxylic acids is 2. The number of nitrogens with zero attached hydrogens (tertiary/aromatic N) is 2. The van der Waals surface area contributed by atoms with E-state index >= 15 is 0 Å². The molecule has 0 saturated heterocycles. The van der Waals surface area contributed by atoms with Gasteiger partial charge in [-0.3, -0.25) is 14.5 Å². The molecule has 0 saturated carbocycles. The molecule has 25 heavy (non-hydrogen) atoms. The first-order chi connectivity index (χ1) is 12.1. The fourth-order valence-electron chi connectivity index (χ4n) is 3.53. The van der Waals surface area contributed by atoms with Gasteiger partial charge < -0.3 is 9.64 Å². The van der Waals surface area contributed by atoms with Crippen molar-refractivity contribution in [2.75, 3.05) is 29.5 Å². The number of hydrogen-bond acceptors (Lipinski definition) is 3. The Bertz CT molecular complexity index is 847. The van der Waals surface area contributed by atoms with Gasteiger partial charge in [0.05, 0.1) is 5.69 Å². The average molecular weight is 336 g/mol.